The van der Waals surface area contributed by atoms with Crippen LogP contribution in [0.3, 0.4) is 0 Å². The van der Waals surface area contributed by atoms with Crippen LogP contribution in [-0.2, 0) is 17.7 Å². The minimum absolute atomic E-state index is 0.254. The molecule has 0 aliphatic carbocycles. The second-order valence-corrected chi connectivity index (χ2v) is 11.5. The molecular formula is C18H22Cl2N5O2P. The average Bonchev–Trinajstić information content (AvgIpc) is 3.02. The maximum atomic E-state index is 12.5. The molecule has 0 bridgehead atoms. The number of halogens is 2. The van der Waals surface area contributed by atoms with Crippen LogP contribution in [0.4, 0.5) is 5.95 Å². The van der Waals surface area contributed by atoms with E-state index in [1.807, 2.05) is 6.07 Å². The zero-order chi connectivity index (χ0) is 20.3. The predicted octanol–water partition coefficient (Wildman–Crippen LogP) is 4.44. The SMILES string of the molecule is CP(C)(=O)CCCCn1ncc2nc(NCc3ccc(Cl)c(Cl)c3)[nH]c(=O)c21. The van der Waals surface area contributed by atoms with Crippen molar-refractivity contribution in [2.45, 2.75) is 25.9 Å². The van der Waals surface area contributed by atoms with Gasteiger partial charge in [0.2, 0.25) is 5.95 Å². The quantitative estimate of drug-likeness (QED) is 0.398. The Morgan fingerprint density at radius 3 is 2.71 bits per heavy atom. The summed E-state index contributed by atoms with van der Waals surface area (Å²) in [6.45, 7) is 4.60. The van der Waals surface area contributed by atoms with Crippen LogP contribution < -0.4 is 10.9 Å². The molecule has 0 atom stereocenters. The molecule has 1 aromatic carbocycles. The summed E-state index contributed by atoms with van der Waals surface area (Å²) in [6.07, 6.45) is 3.92. The highest BCUT2D eigenvalue weighted by atomic mass is 35.5. The number of hydrogen-bond acceptors (Lipinski definition) is 5. The van der Waals surface area contributed by atoms with E-state index in [0.29, 0.717) is 46.3 Å². The Balaban J connectivity index is 1.69. The number of nitrogens with zero attached hydrogens (tertiary/aromatic N) is 3. The largest absolute Gasteiger partial charge is 0.352 e. The third-order valence-electron chi connectivity index (χ3n) is 4.26. The van der Waals surface area contributed by atoms with E-state index in [4.69, 9.17) is 23.2 Å². The molecule has 0 aliphatic heterocycles. The summed E-state index contributed by atoms with van der Waals surface area (Å²) in [6, 6.07) is 5.33. The minimum Gasteiger partial charge on any atom is -0.352 e. The van der Waals surface area contributed by atoms with Gasteiger partial charge in [0.15, 0.2) is 5.52 Å². The van der Waals surface area contributed by atoms with E-state index >= 15 is 0 Å². The van der Waals surface area contributed by atoms with Crippen LogP contribution in [0, 0.1) is 0 Å². The van der Waals surface area contributed by atoms with Crippen LogP contribution in [0.1, 0.15) is 18.4 Å². The Hall–Kier alpha value is -1.82. The van der Waals surface area contributed by atoms with Gasteiger partial charge in [-0.2, -0.15) is 5.10 Å². The molecule has 0 saturated carbocycles. The molecule has 7 nitrogen and oxygen atoms in total. The van der Waals surface area contributed by atoms with Crippen molar-refractivity contribution in [1.82, 2.24) is 19.7 Å². The van der Waals surface area contributed by atoms with Crippen molar-refractivity contribution in [2.24, 2.45) is 0 Å². The Bertz CT molecular complexity index is 1090. The zero-order valence-corrected chi connectivity index (χ0v) is 18.1. The van der Waals surface area contributed by atoms with Crippen LogP contribution >= 0.6 is 30.3 Å². The van der Waals surface area contributed by atoms with E-state index in [1.54, 1.807) is 36.3 Å². The first kappa shape index (κ1) is 20.9. The summed E-state index contributed by atoms with van der Waals surface area (Å²) < 4.78 is 13.4. The van der Waals surface area contributed by atoms with Gasteiger partial charge in [-0.1, -0.05) is 29.3 Å². The first-order valence-corrected chi connectivity index (χ1v) is 12.4. The van der Waals surface area contributed by atoms with E-state index < -0.39 is 7.14 Å². The normalized spacial score (nSPS) is 11.9. The maximum absolute atomic E-state index is 12.5. The highest BCUT2D eigenvalue weighted by Crippen LogP contribution is 2.36. The summed E-state index contributed by atoms with van der Waals surface area (Å²) in [5, 5.41) is 8.32. The highest BCUT2D eigenvalue weighted by molar-refractivity contribution is 7.62. The number of anilines is 1. The monoisotopic (exact) mass is 441 g/mol. The fourth-order valence-corrected chi connectivity index (χ4v) is 4.15. The lowest BCUT2D eigenvalue weighted by Gasteiger charge is -2.08. The fourth-order valence-electron chi connectivity index (χ4n) is 2.85. The Morgan fingerprint density at radius 1 is 1.21 bits per heavy atom. The number of aromatic amines is 1. The Morgan fingerprint density at radius 2 is 2.00 bits per heavy atom. The summed E-state index contributed by atoms with van der Waals surface area (Å²) >= 11 is 11.9. The topological polar surface area (TPSA) is 92.7 Å². The number of aromatic nitrogens is 4. The second-order valence-electron chi connectivity index (χ2n) is 7.12. The molecule has 3 rings (SSSR count). The molecule has 2 heterocycles. The van der Waals surface area contributed by atoms with E-state index in [1.165, 1.54) is 0 Å². The Kier molecular flexibility index (Phi) is 6.48. The summed E-state index contributed by atoms with van der Waals surface area (Å²) in [4.78, 5) is 19.7. The van der Waals surface area contributed by atoms with Gasteiger partial charge in [-0.15, -0.1) is 0 Å². The lowest BCUT2D eigenvalue weighted by molar-refractivity contribution is 0.566. The lowest BCUT2D eigenvalue weighted by Crippen LogP contribution is -2.16. The Labute approximate surface area is 172 Å². The molecule has 10 heteroatoms. The average molecular weight is 442 g/mol. The molecule has 2 N–H and O–H groups in total. The van der Waals surface area contributed by atoms with Crippen LogP contribution in [0.15, 0.2) is 29.2 Å². The van der Waals surface area contributed by atoms with Crippen molar-refractivity contribution in [2.75, 3.05) is 24.8 Å². The molecule has 0 radical (unpaired) electrons. The van der Waals surface area contributed by atoms with Crippen molar-refractivity contribution >= 4 is 47.3 Å². The number of fused-ring (bicyclic) bond motifs is 1. The number of hydrogen-bond donors (Lipinski definition) is 2. The van der Waals surface area contributed by atoms with Gasteiger partial charge in [0.1, 0.15) is 5.52 Å². The summed E-state index contributed by atoms with van der Waals surface area (Å²) in [5.41, 5.74) is 1.63. The number of rotatable bonds is 8. The molecule has 0 spiro atoms. The van der Waals surface area contributed by atoms with Gasteiger partial charge in [-0.3, -0.25) is 14.5 Å². The number of benzene rings is 1. The van der Waals surface area contributed by atoms with Gasteiger partial charge in [0.05, 0.1) is 23.4 Å². The van der Waals surface area contributed by atoms with Crippen molar-refractivity contribution in [1.29, 1.82) is 0 Å². The second kappa shape index (κ2) is 8.68. The van der Waals surface area contributed by atoms with Crippen LogP contribution in [0.5, 0.6) is 0 Å². The third-order valence-corrected chi connectivity index (χ3v) is 6.39. The molecule has 150 valence electrons. The molecule has 3 aromatic rings. The lowest BCUT2D eigenvalue weighted by atomic mass is 10.2. The highest BCUT2D eigenvalue weighted by Gasteiger charge is 2.11. The van der Waals surface area contributed by atoms with Crippen molar-refractivity contribution < 1.29 is 4.57 Å². The fraction of sp³-hybridized carbons (Fsp3) is 0.389. The van der Waals surface area contributed by atoms with E-state index in [9.17, 15) is 9.36 Å². The van der Waals surface area contributed by atoms with E-state index in [2.05, 4.69) is 20.4 Å². The van der Waals surface area contributed by atoms with Crippen molar-refractivity contribution in [3.63, 3.8) is 0 Å². The first-order chi connectivity index (χ1) is 13.2. The van der Waals surface area contributed by atoms with Crippen molar-refractivity contribution in [3.05, 3.63) is 50.4 Å². The number of aryl methyl sites for hydroxylation is 1. The first-order valence-electron chi connectivity index (χ1n) is 8.90. The van der Waals surface area contributed by atoms with Gasteiger partial charge in [0.25, 0.3) is 5.56 Å². The third kappa shape index (κ3) is 5.37. The van der Waals surface area contributed by atoms with E-state index in [0.717, 1.165) is 18.4 Å². The van der Waals surface area contributed by atoms with Crippen molar-refractivity contribution in [3.8, 4) is 0 Å². The summed E-state index contributed by atoms with van der Waals surface area (Å²) in [5.74, 6) is 0.362. The predicted molar refractivity (Wildman–Crippen MR) is 115 cm³/mol. The number of nitrogens with one attached hydrogen (secondary N) is 2. The minimum atomic E-state index is -2.01. The molecule has 0 aliphatic rings. The smallest absolute Gasteiger partial charge is 0.278 e. The van der Waals surface area contributed by atoms with Crippen LogP contribution in [0.2, 0.25) is 10.0 Å². The number of unbranched alkanes of at least 4 members (excludes halogenated alkanes) is 1. The molecule has 0 fully saturated rings. The van der Waals surface area contributed by atoms with E-state index in [-0.39, 0.29) is 5.56 Å². The summed E-state index contributed by atoms with van der Waals surface area (Å²) in [7, 11) is -2.01. The molecule has 2 aromatic heterocycles. The molecular weight excluding hydrogens is 420 g/mol. The molecule has 0 unspecified atom stereocenters. The van der Waals surface area contributed by atoms with Crippen LogP contribution in [-0.4, -0.2) is 39.2 Å². The maximum Gasteiger partial charge on any atom is 0.278 e. The molecule has 0 saturated heterocycles. The van der Waals surface area contributed by atoms with Gasteiger partial charge in [0, 0.05) is 19.3 Å². The molecule has 0 amide bonds. The van der Waals surface area contributed by atoms with Gasteiger partial charge < -0.3 is 9.88 Å². The molecule has 28 heavy (non-hydrogen) atoms. The van der Waals surface area contributed by atoms with Gasteiger partial charge in [-0.05, 0) is 43.9 Å². The standard InChI is InChI=1S/C18H22Cl2N5O2P/c1-28(2,27)8-4-3-7-25-16-15(11-22-25)23-18(24-17(16)26)21-10-12-5-6-13(19)14(20)9-12/h5-6,9,11H,3-4,7-8,10H2,1-2H3,(H2,21,23,24,26). The number of H-pyrrole nitrogens is 1. The zero-order valence-electron chi connectivity index (χ0n) is 15.7. The van der Waals surface area contributed by atoms with Gasteiger partial charge in [-0.25, -0.2) is 4.98 Å². The van der Waals surface area contributed by atoms with Gasteiger partial charge >= 0.3 is 0 Å². The van der Waals surface area contributed by atoms with Crippen LogP contribution in [0.25, 0.3) is 11.0 Å².